The quantitative estimate of drug-likeness (QED) is 0.745. The number of nitrogens with two attached hydrogens (primary N) is 1. The lowest BCUT2D eigenvalue weighted by Crippen LogP contribution is -2.50. The van der Waals surface area contributed by atoms with Crippen LogP contribution in [0.1, 0.15) is 10.4 Å². The van der Waals surface area contributed by atoms with Gasteiger partial charge in [-0.1, -0.05) is 12.1 Å². The summed E-state index contributed by atoms with van der Waals surface area (Å²) < 4.78 is 36.3. The van der Waals surface area contributed by atoms with Gasteiger partial charge in [-0.05, 0) is 36.4 Å². The predicted molar refractivity (Wildman–Crippen MR) is 105 cm³/mol. The van der Waals surface area contributed by atoms with E-state index in [1.165, 1.54) is 42.5 Å². The molecular weight excluding hydrogens is 399 g/mol. The number of nitrogens with one attached hydrogen (secondary N) is 1. The molecule has 3 N–H and O–H groups in total. The number of sulfonamides is 1. The second-order valence-electron chi connectivity index (χ2n) is 6.67. The van der Waals surface area contributed by atoms with Crippen molar-refractivity contribution in [3.63, 3.8) is 0 Å². The summed E-state index contributed by atoms with van der Waals surface area (Å²) in [6.07, 6.45) is 0. The first kappa shape index (κ1) is 20.9. The molecule has 0 bridgehead atoms. The number of benzene rings is 2. The minimum Gasteiger partial charge on any atom is -0.336 e. The van der Waals surface area contributed by atoms with Gasteiger partial charge >= 0.3 is 0 Å². The summed E-state index contributed by atoms with van der Waals surface area (Å²) in [5, 5.41) is 7.73. The lowest BCUT2D eigenvalue weighted by atomic mass is 10.1. The maximum absolute atomic E-state index is 13.8. The third kappa shape index (κ3) is 5.37. The largest absolute Gasteiger partial charge is 0.336 e. The number of primary sulfonamides is 1. The molecule has 1 saturated heterocycles. The summed E-state index contributed by atoms with van der Waals surface area (Å²) >= 11 is 0. The van der Waals surface area contributed by atoms with Crippen molar-refractivity contribution < 1.29 is 22.4 Å². The minimum atomic E-state index is -3.78. The van der Waals surface area contributed by atoms with Crippen LogP contribution in [0.2, 0.25) is 0 Å². The zero-order valence-electron chi connectivity index (χ0n) is 15.5. The molecule has 1 fully saturated rings. The molecule has 0 radical (unpaired) electrons. The molecule has 10 heteroatoms. The number of carbonyl (C=O) groups is 2. The van der Waals surface area contributed by atoms with Crippen LogP contribution < -0.4 is 10.5 Å². The molecule has 1 heterocycles. The Hall–Kier alpha value is -2.82. The number of hydrogen-bond donors (Lipinski definition) is 2. The fraction of sp³-hybridized carbons (Fsp3) is 0.263. The average molecular weight is 420 g/mol. The second-order valence-corrected chi connectivity index (χ2v) is 8.23. The molecule has 0 spiro atoms. The Labute approximate surface area is 168 Å². The van der Waals surface area contributed by atoms with E-state index in [0.717, 1.165) is 0 Å². The van der Waals surface area contributed by atoms with E-state index in [4.69, 9.17) is 5.14 Å². The summed E-state index contributed by atoms with van der Waals surface area (Å²) in [7, 11) is -3.78. The fourth-order valence-electron chi connectivity index (χ4n) is 3.05. The van der Waals surface area contributed by atoms with Crippen LogP contribution in [0.15, 0.2) is 53.4 Å². The Kier molecular flexibility index (Phi) is 6.26. The van der Waals surface area contributed by atoms with Gasteiger partial charge in [0.05, 0.1) is 17.0 Å². The van der Waals surface area contributed by atoms with Crippen molar-refractivity contribution >= 4 is 27.5 Å². The Morgan fingerprint density at radius 2 is 1.62 bits per heavy atom. The Morgan fingerprint density at radius 1 is 1.00 bits per heavy atom. The topological polar surface area (TPSA) is 113 Å². The van der Waals surface area contributed by atoms with Gasteiger partial charge < -0.3 is 10.2 Å². The molecule has 2 amide bonds. The molecule has 0 aliphatic carbocycles. The standard InChI is InChI=1S/C19H21FN4O4S/c20-17-4-2-1-3-16(17)19(26)24-11-9-23(10-12-24)13-18(25)22-14-5-7-15(8-6-14)29(21,27)28/h1-8H,9-13H2,(H,22,25)(H2,21,27,28). The molecule has 154 valence electrons. The van der Waals surface area contributed by atoms with Crippen LogP contribution in [-0.4, -0.2) is 62.8 Å². The van der Waals surface area contributed by atoms with Crippen molar-refractivity contribution in [1.82, 2.24) is 9.80 Å². The number of carbonyl (C=O) groups excluding carboxylic acids is 2. The smallest absolute Gasteiger partial charge is 0.256 e. The molecule has 3 rings (SSSR count). The maximum atomic E-state index is 13.8. The van der Waals surface area contributed by atoms with Crippen molar-refractivity contribution in [2.45, 2.75) is 4.90 Å². The van der Waals surface area contributed by atoms with E-state index in [2.05, 4.69) is 5.32 Å². The zero-order valence-corrected chi connectivity index (χ0v) is 16.4. The molecule has 29 heavy (non-hydrogen) atoms. The van der Waals surface area contributed by atoms with Gasteiger partial charge in [0.2, 0.25) is 15.9 Å². The molecule has 1 aliphatic rings. The Bertz CT molecular complexity index is 1000. The highest BCUT2D eigenvalue weighted by atomic mass is 32.2. The molecule has 1 aliphatic heterocycles. The van der Waals surface area contributed by atoms with E-state index in [9.17, 15) is 22.4 Å². The number of amides is 2. The molecule has 2 aromatic carbocycles. The van der Waals surface area contributed by atoms with Gasteiger partial charge in [-0.2, -0.15) is 0 Å². The van der Waals surface area contributed by atoms with Crippen LogP contribution in [0.25, 0.3) is 0 Å². The van der Waals surface area contributed by atoms with Gasteiger partial charge in [0.1, 0.15) is 5.82 Å². The number of halogens is 1. The van der Waals surface area contributed by atoms with Crippen molar-refractivity contribution in [2.24, 2.45) is 5.14 Å². The van der Waals surface area contributed by atoms with E-state index >= 15 is 0 Å². The van der Waals surface area contributed by atoms with Crippen molar-refractivity contribution in [1.29, 1.82) is 0 Å². The molecule has 0 unspecified atom stereocenters. The first-order chi connectivity index (χ1) is 13.7. The third-order valence-corrected chi connectivity index (χ3v) is 5.53. The van der Waals surface area contributed by atoms with Crippen LogP contribution in [-0.2, 0) is 14.8 Å². The van der Waals surface area contributed by atoms with Crippen LogP contribution in [0, 0.1) is 5.82 Å². The molecule has 8 nitrogen and oxygen atoms in total. The summed E-state index contributed by atoms with van der Waals surface area (Å²) in [5.41, 5.74) is 0.498. The third-order valence-electron chi connectivity index (χ3n) is 4.60. The normalized spacial score (nSPS) is 15.2. The van der Waals surface area contributed by atoms with Crippen molar-refractivity contribution in [2.75, 3.05) is 38.0 Å². The van der Waals surface area contributed by atoms with Gasteiger partial charge in [0.15, 0.2) is 0 Å². The number of hydrogen-bond acceptors (Lipinski definition) is 5. The van der Waals surface area contributed by atoms with Crippen molar-refractivity contribution in [3.05, 3.63) is 59.9 Å². The first-order valence-corrected chi connectivity index (χ1v) is 10.5. The second kappa shape index (κ2) is 8.68. The minimum absolute atomic E-state index is 0.0360. The van der Waals surface area contributed by atoms with E-state index in [1.807, 2.05) is 4.90 Å². The summed E-state index contributed by atoms with van der Waals surface area (Å²) in [6.45, 7) is 1.88. The van der Waals surface area contributed by atoms with Crippen LogP contribution in [0.4, 0.5) is 10.1 Å². The summed E-state index contributed by atoms with van der Waals surface area (Å²) in [4.78, 5) is 28.1. The predicted octanol–water partition coefficient (Wildman–Crippen LogP) is 0.870. The van der Waals surface area contributed by atoms with Gasteiger partial charge in [-0.15, -0.1) is 0 Å². The number of piperazine rings is 1. The highest BCUT2D eigenvalue weighted by molar-refractivity contribution is 7.89. The van der Waals surface area contributed by atoms with Gasteiger partial charge in [0, 0.05) is 31.9 Å². The zero-order chi connectivity index (χ0) is 21.0. The van der Waals surface area contributed by atoms with E-state index in [0.29, 0.717) is 31.9 Å². The van der Waals surface area contributed by atoms with E-state index < -0.39 is 15.8 Å². The molecule has 0 aromatic heterocycles. The monoisotopic (exact) mass is 420 g/mol. The van der Waals surface area contributed by atoms with Crippen LogP contribution >= 0.6 is 0 Å². The lowest BCUT2D eigenvalue weighted by Gasteiger charge is -2.34. The van der Waals surface area contributed by atoms with Gasteiger partial charge in [-0.25, -0.2) is 17.9 Å². The summed E-state index contributed by atoms with van der Waals surface area (Å²) in [6, 6.07) is 11.4. The Morgan fingerprint density at radius 3 is 2.21 bits per heavy atom. The molecular formula is C19H21FN4O4S. The SMILES string of the molecule is NS(=O)(=O)c1ccc(NC(=O)CN2CCN(C(=O)c3ccccc3F)CC2)cc1. The van der Waals surface area contributed by atoms with E-state index in [1.54, 1.807) is 11.0 Å². The van der Waals surface area contributed by atoms with E-state index in [-0.39, 0.29) is 28.8 Å². The fourth-order valence-corrected chi connectivity index (χ4v) is 3.56. The van der Waals surface area contributed by atoms with Crippen LogP contribution in [0.3, 0.4) is 0 Å². The number of anilines is 1. The molecule has 0 saturated carbocycles. The Balaban J connectivity index is 1.50. The summed E-state index contributed by atoms with van der Waals surface area (Å²) in [5.74, 6) is -1.17. The average Bonchev–Trinajstić information content (AvgIpc) is 2.68. The number of rotatable bonds is 5. The first-order valence-electron chi connectivity index (χ1n) is 8.93. The van der Waals surface area contributed by atoms with Crippen molar-refractivity contribution in [3.8, 4) is 0 Å². The maximum Gasteiger partial charge on any atom is 0.256 e. The lowest BCUT2D eigenvalue weighted by molar-refractivity contribution is -0.117. The molecule has 0 atom stereocenters. The molecule has 2 aromatic rings. The van der Waals surface area contributed by atoms with Crippen LogP contribution in [0.5, 0.6) is 0 Å². The highest BCUT2D eigenvalue weighted by Gasteiger charge is 2.24. The van der Waals surface area contributed by atoms with Gasteiger partial charge in [0.25, 0.3) is 5.91 Å². The number of nitrogens with zero attached hydrogens (tertiary/aromatic N) is 2. The highest BCUT2D eigenvalue weighted by Crippen LogP contribution is 2.14. The van der Waals surface area contributed by atoms with Gasteiger partial charge in [-0.3, -0.25) is 14.5 Å².